The third-order valence-corrected chi connectivity index (χ3v) is 11.1. The van der Waals surface area contributed by atoms with Gasteiger partial charge in [-0.3, -0.25) is 28.3 Å². The Bertz CT molecular complexity index is 1980. The highest BCUT2D eigenvalue weighted by atomic mass is 32.2. The molecule has 16 heteroatoms. The van der Waals surface area contributed by atoms with E-state index in [1.54, 1.807) is 30.3 Å². The summed E-state index contributed by atoms with van der Waals surface area (Å²) in [6, 6.07) is 15.6. The topological polar surface area (TPSA) is 193 Å². The Hall–Kier alpha value is -4.93. The first-order valence-electron chi connectivity index (χ1n) is 13.4. The third kappa shape index (κ3) is 5.70. The van der Waals surface area contributed by atoms with Crippen LogP contribution in [0, 0.1) is 0 Å². The van der Waals surface area contributed by atoms with E-state index in [0.717, 1.165) is 14.7 Å². The van der Waals surface area contributed by atoms with Gasteiger partial charge in [-0.05, 0) is 61.4 Å². The van der Waals surface area contributed by atoms with E-state index >= 15 is 0 Å². The monoisotopic (exact) mass is 654 g/mol. The van der Waals surface area contributed by atoms with Gasteiger partial charge in [-0.2, -0.15) is 4.31 Å². The Morgan fingerprint density at radius 3 is 1.91 bits per heavy atom. The van der Waals surface area contributed by atoms with Crippen molar-refractivity contribution in [2.45, 2.75) is 28.7 Å². The van der Waals surface area contributed by atoms with Gasteiger partial charge in [0.25, 0.3) is 33.4 Å². The van der Waals surface area contributed by atoms with Gasteiger partial charge in [0.05, 0.1) is 45.1 Å². The Morgan fingerprint density at radius 2 is 1.36 bits per heavy atom. The summed E-state index contributed by atoms with van der Waals surface area (Å²) < 4.78 is 57.6. The van der Waals surface area contributed by atoms with Crippen LogP contribution in [-0.4, -0.2) is 77.2 Å². The number of nitrogens with one attached hydrogen (secondary N) is 2. The number of rotatable bonds is 6. The van der Waals surface area contributed by atoms with Gasteiger partial charge in [0.2, 0.25) is 10.0 Å². The predicted molar refractivity (Wildman–Crippen MR) is 160 cm³/mol. The van der Waals surface area contributed by atoms with Crippen molar-refractivity contribution in [1.29, 1.82) is 0 Å². The number of carbonyl (C=O) groups excluding carboxylic acids is 5. The second kappa shape index (κ2) is 11.9. The van der Waals surface area contributed by atoms with Gasteiger partial charge in [0.1, 0.15) is 6.04 Å². The van der Waals surface area contributed by atoms with Crippen LogP contribution in [0.3, 0.4) is 0 Å². The molecule has 0 spiro atoms. The number of methoxy groups -OCH3 is 1. The molecular formula is C29H26N4O10S2. The molecule has 1 saturated heterocycles. The lowest BCUT2D eigenvalue weighted by Gasteiger charge is -2.22. The van der Waals surface area contributed by atoms with Crippen LogP contribution in [0.15, 0.2) is 76.5 Å². The molecule has 1 atom stereocenters. The first kappa shape index (κ1) is 31.5. The fraction of sp³-hybridized carbons (Fsp3) is 0.207. The number of para-hydroxylation sites is 1. The number of hydrogen-bond acceptors (Lipinski definition) is 10. The second-order valence-corrected chi connectivity index (χ2v) is 13.9. The standard InChI is InChI=1S/C15H12N2O4S.C14H14N2O6S/c1-17(10-5-3-2-4-6-10)22(20,21)11-7-8-13-12(9-11)14(18)15(19)16-13;1-22-14(19)11-3-2-6-16(11)23(20,21)8-4-5-10-9(7-8)12(17)13(18)15-10/h2-9H,1H3,(H,16,18,19);4-5,7,11H,2-3,6H2,1H3,(H,15,17,18). The molecule has 3 aliphatic heterocycles. The zero-order chi connectivity index (χ0) is 32.7. The molecule has 0 aliphatic carbocycles. The van der Waals surface area contributed by atoms with E-state index in [1.807, 2.05) is 0 Å². The number of anilines is 3. The van der Waals surface area contributed by atoms with E-state index in [0.29, 0.717) is 24.2 Å². The third-order valence-electron chi connectivity index (χ3n) is 7.44. The summed E-state index contributed by atoms with van der Waals surface area (Å²) in [7, 11) is -5.14. The highest BCUT2D eigenvalue weighted by Gasteiger charge is 2.41. The molecule has 2 N–H and O–H groups in total. The van der Waals surface area contributed by atoms with Crippen LogP contribution in [0.4, 0.5) is 17.1 Å². The lowest BCUT2D eigenvalue weighted by atomic mass is 10.1. The maximum absolute atomic E-state index is 12.8. The maximum Gasteiger partial charge on any atom is 0.324 e. The molecule has 3 aromatic rings. The summed E-state index contributed by atoms with van der Waals surface area (Å²) in [6.07, 6.45) is 0.929. The van der Waals surface area contributed by atoms with Gasteiger partial charge in [0, 0.05) is 13.6 Å². The van der Waals surface area contributed by atoms with Crippen molar-refractivity contribution in [3.63, 3.8) is 0 Å². The van der Waals surface area contributed by atoms with E-state index in [-0.39, 0.29) is 33.2 Å². The normalized spacial score (nSPS) is 17.5. The Kier molecular flexibility index (Phi) is 8.31. The molecule has 2 amide bonds. The van der Waals surface area contributed by atoms with Crippen LogP contribution in [0.2, 0.25) is 0 Å². The Balaban J connectivity index is 0.000000178. The number of fused-ring (bicyclic) bond motifs is 2. The Morgan fingerprint density at radius 1 is 0.822 bits per heavy atom. The van der Waals surface area contributed by atoms with E-state index in [1.165, 1.54) is 44.5 Å². The SMILES string of the molecule is CN(c1ccccc1)S(=O)(=O)c1ccc2c(c1)C(=O)C(=O)N2.COC(=O)C1CCCN1S(=O)(=O)c1ccc2c(c1)C(=O)C(=O)N2. The fourth-order valence-electron chi connectivity index (χ4n) is 5.03. The Labute approximate surface area is 258 Å². The number of benzene rings is 3. The van der Waals surface area contributed by atoms with E-state index in [2.05, 4.69) is 15.4 Å². The van der Waals surface area contributed by atoms with Gasteiger partial charge < -0.3 is 15.4 Å². The average Bonchev–Trinajstić information content (AvgIpc) is 3.73. The summed E-state index contributed by atoms with van der Waals surface area (Å²) in [4.78, 5) is 57.7. The minimum absolute atomic E-state index is 0.0184. The van der Waals surface area contributed by atoms with Crippen molar-refractivity contribution >= 4 is 66.5 Å². The molecule has 0 aromatic heterocycles. The molecule has 45 heavy (non-hydrogen) atoms. The van der Waals surface area contributed by atoms with Crippen LogP contribution in [0.25, 0.3) is 0 Å². The number of esters is 1. The van der Waals surface area contributed by atoms with Crippen LogP contribution in [-0.2, 0) is 39.2 Å². The van der Waals surface area contributed by atoms with Crippen LogP contribution < -0.4 is 14.9 Å². The highest BCUT2D eigenvalue weighted by Crippen LogP contribution is 2.31. The van der Waals surface area contributed by atoms with Crippen molar-refractivity contribution in [2.75, 3.05) is 35.6 Å². The molecule has 3 aromatic carbocycles. The van der Waals surface area contributed by atoms with Gasteiger partial charge >= 0.3 is 5.97 Å². The molecule has 14 nitrogen and oxygen atoms in total. The second-order valence-electron chi connectivity index (χ2n) is 10.1. The van der Waals surface area contributed by atoms with Crippen molar-refractivity contribution in [2.24, 2.45) is 0 Å². The lowest BCUT2D eigenvalue weighted by Crippen LogP contribution is -2.41. The molecular weight excluding hydrogens is 628 g/mol. The van der Waals surface area contributed by atoms with Crippen LogP contribution in [0.1, 0.15) is 33.6 Å². The van der Waals surface area contributed by atoms with E-state index < -0.39 is 55.4 Å². The summed E-state index contributed by atoms with van der Waals surface area (Å²) in [6.45, 7) is 0.199. The summed E-state index contributed by atoms with van der Waals surface area (Å²) in [5.74, 6) is -3.65. The molecule has 0 saturated carbocycles. The summed E-state index contributed by atoms with van der Waals surface area (Å²) in [5, 5.41) is 4.75. The van der Waals surface area contributed by atoms with Crippen molar-refractivity contribution < 1.29 is 45.5 Å². The quantitative estimate of drug-likeness (QED) is 0.292. The van der Waals surface area contributed by atoms with Gasteiger partial charge in [-0.1, -0.05) is 18.2 Å². The molecule has 0 bridgehead atoms. The van der Waals surface area contributed by atoms with Crippen LogP contribution in [0.5, 0.6) is 0 Å². The summed E-state index contributed by atoms with van der Waals surface area (Å²) >= 11 is 0. The number of ketones is 2. The highest BCUT2D eigenvalue weighted by molar-refractivity contribution is 7.92. The van der Waals surface area contributed by atoms with Gasteiger partial charge in [-0.25, -0.2) is 16.8 Å². The molecule has 3 aliphatic rings. The van der Waals surface area contributed by atoms with E-state index in [4.69, 9.17) is 0 Å². The number of hydrogen-bond donors (Lipinski definition) is 2. The smallest absolute Gasteiger partial charge is 0.324 e. The number of nitrogens with zero attached hydrogens (tertiary/aromatic N) is 2. The lowest BCUT2D eigenvalue weighted by molar-refractivity contribution is -0.144. The first-order chi connectivity index (χ1) is 21.3. The number of amides is 2. The fourth-order valence-corrected chi connectivity index (χ4v) is 7.93. The molecule has 0 radical (unpaired) electrons. The van der Waals surface area contributed by atoms with Crippen molar-refractivity contribution in [3.05, 3.63) is 77.9 Å². The van der Waals surface area contributed by atoms with Gasteiger partial charge in [0.15, 0.2) is 0 Å². The van der Waals surface area contributed by atoms with Crippen molar-refractivity contribution in [1.82, 2.24) is 4.31 Å². The molecule has 1 fully saturated rings. The maximum atomic E-state index is 12.8. The van der Waals surface area contributed by atoms with E-state index in [9.17, 15) is 40.8 Å². The van der Waals surface area contributed by atoms with Crippen molar-refractivity contribution in [3.8, 4) is 0 Å². The summed E-state index contributed by atoms with van der Waals surface area (Å²) in [5.41, 5.74) is 1.21. The number of carbonyl (C=O) groups is 5. The molecule has 1 unspecified atom stereocenters. The minimum Gasteiger partial charge on any atom is -0.468 e. The zero-order valence-corrected chi connectivity index (χ0v) is 25.5. The predicted octanol–water partition coefficient (Wildman–Crippen LogP) is 1.79. The van der Waals surface area contributed by atoms with Crippen LogP contribution >= 0.6 is 0 Å². The molecule has 3 heterocycles. The first-order valence-corrected chi connectivity index (χ1v) is 16.3. The largest absolute Gasteiger partial charge is 0.468 e. The molecule has 234 valence electrons. The number of ether oxygens (including phenoxy) is 1. The average molecular weight is 655 g/mol. The zero-order valence-electron chi connectivity index (χ0n) is 23.8. The number of Topliss-reactive ketones (excluding diaryl/α,β-unsaturated/α-hetero) is 2. The number of sulfonamides is 2. The molecule has 6 rings (SSSR count). The van der Waals surface area contributed by atoms with Gasteiger partial charge in [-0.15, -0.1) is 0 Å². The minimum atomic E-state index is -3.96.